The molecule has 0 spiro atoms. The van der Waals surface area contributed by atoms with Crippen molar-refractivity contribution < 1.29 is 27.5 Å². The number of esters is 1. The quantitative estimate of drug-likeness (QED) is 0.107. The van der Waals surface area contributed by atoms with Crippen LogP contribution in [-0.4, -0.2) is 67.5 Å². The number of carbonyl (C=O) groups excluding carboxylic acids is 3. The van der Waals surface area contributed by atoms with Crippen molar-refractivity contribution in [1.82, 2.24) is 10.2 Å². The molecular formula is C29H36IN5O6S. The van der Waals surface area contributed by atoms with Gasteiger partial charge in [0.25, 0.3) is 5.91 Å². The van der Waals surface area contributed by atoms with Crippen LogP contribution < -0.4 is 16.8 Å². The fraction of sp³-hybridized carbons (Fsp3) is 0.310. The molecule has 2 amide bonds. The molecule has 0 radical (unpaired) electrons. The standard InChI is InChI=1S/C29H35N5O6S.HI/c1-29(2,3)40-24(35)17-34(4)28(37)23(15-18-9-11-20(12-10-18)25(30)31)33-27(36)26(32)41(38,39)22-14-13-19-7-5-6-8-21(19)16-22;/h5-14,16,23,26H,15,17,32H2,1-4H3,(H3,30,31)(H,33,36);1H/t23-,26?;/m0./s1. The number of likely N-dealkylation sites (N-methyl/N-ethyl adjacent to an activating group) is 1. The van der Waals surface area contributed by atoms with Crippen molar-refractivity contribution in [2.75, 3.05) is 13.6 Å². The highest BCUT2D eigenvalue weighted by Crippen LogP contribution is 2.21. The molecule has 2 atom stereocenters. The van der Waals surface area contributed by atoms with Gasteiger partial charge in [-0.1, -0.05) is 54.6 Å². The zero-order valence-electron chi connectivity index (χ0n) is 23.8. The topological polar surface area (TPSA) is 186 Å². The molecule has 11 nitrogen and oxygen atoms in total. The van der Waals surface area contributed by atoms with Crippen molar-refractivity contribution >= 4 is 68.2 Å². The average molecular weight is 710 g/mol. The normalized spacial score (nSPS) is 12.9. The van der Waals surface area contributed by atoms with E-state index in [1.807, 2.05) is 12.1 Å². The summed E-state index contributed by atoms with van der Waals surface area (Å²) in [5.74, 6) is -2.53. The van der Waals surface area contributed by atoms with Crippen molar-refractivity contribution in [3.63, 3.8) is 0 Å². The van der Waals surface area contributed by atoms with Crippen LogP contribution in [0.15, 0.2) is 71.6 Å². The largest absolute Gasteiger partial charge is 0.459 e. The Kier molecular flexibility index (Phi) is 11.6. The zero-order valence-corrected chi connectivity index (χ0v) is 26.9. The Labute approximate surface area is 262 Å². The van der Waals surface area contributed by atoms with E-state index in [2.05, 4.69) is 5.32 Å². The number of halogens is 1. The van der Waals surface area contributed by atoms with Crippen molar-refractivity contribution in [3.8, 4) is 0 Å². The molecule has 13 heteroatoms. The number of amidine groups is 1. The summed E-state index contributed by atoms with van der Waals surface area (Å²) in [5.41, 5.74) is 11.8. The number of nitrogens with two attached hydrogens (primary N) is 2. The number of benzene rings is 3. The third-order valence-corrected chi connectivity index (χ3v) is 7.92. The first kappa shape index (κ1) is 34.6. The SMILES string of the molecule is CN(CC(=O)OC(C)(C)C)C(=O)[C@H](Cc1ccc(C(=N)N)cc1)NC(=O)C(N)S(=O)(=O)c1ccc2ccccc2c1.I. The summed E-state index contributed by atoms with van der Waals surface area (Å²) in [4.78, 5) is 39.9. The molecule has 3 aromatic carbocycles. The predicted octanol–water partition coefficient (Wildman–Crippen LogP) is 2.33. The molecule has 0 aromatic heterocycles. The Hall–Kier alpha value is -3.56. The number of nitrogens with one attached hydrogen (secondary N) is 2. The van der Waals surface area contributed by atoms with Gasteiger partial charge in [-0.05, 0) is 49.2 Å². The molecule has 0 aliphatic carbocycles. The lowest BCUT2D eigenvalue weighted by atomic mass is 10.0. The molecule has 6 N–H and O–H groups in total. The lowest BCUT2D eigenvalue weighted by molar-refractivity contribution is -0.158. The molecule has 1 unspecified atom stereocenters. The molecule has 3 aromatic rings. The van der Waals surface area contributed by atoms with Crippen LogP contribution in [0, 0.1) is 5.41 Å². The van der Waals surface area contributed by atoms with E-state index in [1.165, 1.54) is 19.2 Å². The number of carbonyl (C=O) groups is 3. The second-order valence-electron chi connectivity index (χ2n) is 10.6. The first-order chi connectivity index (χ1) is 19.1. The minimum absolute atomic E-state index is 0. The Bertz CT molecular complexity index is 1570. The third-order valence-electron chi connectivity index (χ3n) is 6.12. The lowest BCUT2D eigenvalue weighted by Gasteiger charge is -2.27. The Morgan fingerprint density at radius 3 is 2.17 bits per heavy atom. The van der Waals surface area contributed by atoms with Gasteiger partial charge in [0.2, 0.25) is 15.7 Å². The van der Waals surface area contributed by atoms with Crippen molar-refractivity contribution in [2.24, 2.45) is 11.5 Å². The number of sulfone groups is 1. The van der Waals surface area contributed by atoms with Gasteiger partial charge in [0.05, 0.1) is 4.90 Å². The smallest absolute Gasteiger partial charge is 0.326 e. The first-order valence-corrected chi connectivity index (χ1v) is 14.3. The van der Waals surface area contributed by atoms with E-state index in [1.54, 1.807) is 63.2 Å². The highest BCUT2D eigenvalue weighted by atomic mass is 127. The van der Waals surface area contributed by atoms with Gasteiger partial charge in [-0.3, -0.25) is 19.8 Å². The van der Waals surface area contributed by atoms with Crippen LogP contribution in [0.3, 0.4) is 0 Å². The predicted molar refractivity (Wildman–Crippen MR) is 171 cm³/mol. The summed E-state index contributed by atoms with van der Waals surface area (Å²) in [6, 6.07) is 16.7. The zero-order chi connectivity index (χ0) is 30.5. The summed E-state index contributed by atoms with van der Waals surface area (Å²) in [7, 11) is -2.95. The number of fused-ring (bicyclic) bond motifs is 1. The molecule has 0 saturated carbocycles. The van der Waals surface area contributed by atoms with Crippen molar-refractivity contribution in [2.45, 2.75) is 49.1 Å². The minimum atomic E-state index is -4.32. The van der Waals surface area contributed by atoms with Crippen LogP contribution in [0.2, 0.25) is 0 Å². The van der Waals surface area contributed by atoms with E-state index >= 15 is 0 Å². The summed E-state index contributed by atoms with van der Waals surface area (Å²) >= 11 is 0. The fourth-order valence-corrected chi connectivity index (χ4v) is 5.25. The Balaban J connectivity index is 0.00000616. The van der Waals surface area contributed by atoms with Gasteiger partial charge in [-0.15, -0.1) is 24.0 Å². The summed E-state index contributed by atoms with van der Waals surface area (Å²) in [6.45, 7) is 4.68. The van der Waals surface area contributed by atoms with Crippen LogP contribution in [0.4, 0.5) is 0 Å². The van der Waals surface area contributed by atoms with Crippen LogP contribution >= 0.6 is 24.0 Å². The van der Waals surface area contributed by atoms with E-state index < -0.39 is 51.2 Å². The van der Waals surface area contributed by atoms with Crippen LogP contribution in [0.5, 0.6) is 0 Å². The monoisotopic (exact) mass is 709 g/mol. The van der Waals surface area contributed by atoms with Crippen LogP contribution in [0.1, 0.15) is 31.9 Å². The molecule has 0 saturated heterocycles. The second kappa shape index (κ2) is 14.1. The number of nitrogen functional groups attached to an aromatic ring is 1. The van der Waals surface area contributed by atoms with Crippen molar-refractivity contribution in [3.05, 3.63) is 77.9 Å². The highest BCUT2D eigenvalue weighted by molar-refractivity contribution is 14.0. The molecule has 226 valence electrons. The number of rotatable bonds is 10. The maximum absolute atomic E-state index is 13.4. The number of ether oxygens (including phenoxy) is 1. The van der Waals surface area contributed by atoms with Gasteiger partial charge in [0.15, 0.2) is 5.37 Å². The lowest BCUT2D eigenvalue weighted by Crippen LogP contribution is -2.55. The number of nitrogens with zero attached hydrogens (tertiary/aromatic N) is 1. The molecule has 0 bridgehead atoms. The molecule has 0 aliphatic rings. The maximum Gasteiger partial charge on any atom is 0.326 e. The van der Waals surface area contributed by atoms with Gasteiger partial charge in [-0.2, -0.15) is 0 Å². The highest BCUT2D eigenvalue weighted by Gasteiger charge is 2.34. The molecule has 42 heavy (non-hydrogen) atoms. The van der Waals surface area contributed by atoms with E-state index in [0.717, 1.165) is 10.3 Å². The van der Waals surface area contributed by atoms with Gasteiger partial charge in [0, 0.05) is 19.0 Å². The van der Waals surface area contributed by atoms with E-state index in [4.69, 9.17) is 21.6 Å². The summed E-state index contributed by atoms with van der Waals surface area (Å²) in [5, 5.41) is 9.50. The Morgan fingerprint density at radius 2 is 1.60 bits per heavy atom. The number of hydrogen-bond acceptors (Lipinski definition) is 8. The summed E-state index contributed by atoms with van der Waals surface area (Å²) < 4.78 is 31.8. The van der Waals surface area contributed by atoms with Crippen molar-refractivity contribution in [1.29, 1.82) is 5.41 Å². The minimum Gasteiger partial charge on any atom is -0.459 e. The van der Waals surface area contributed by atoms with Gasteiger partial charge in [0.1, 0.15) is 24.0 Å². The fourth-order valence-electron chi connectivity index (χ4n) is 4.05. The number of amides is 2. The van der Waals surface area contributed by atoms with Gasteiger partial charge < -0.3 is 26.4 Å². The third kappa shape index (κ3) is 8.97. The first-order valence-electron chi connectivity index (χ1n) is 12.8. The van der Waals surface area contributed by atoms with Crippen LogP contribution in [0.25, 0.3) is 10.8 Å². The van der Waals surface area contributed by atoms with Gasteiger partial charge in [-0.25, -0.2) is 8.42 Å². The Morgan fingerprint density at radius 1 is 1.00 bits per heavy atom. The molecule has 3 rings (SSSR count). The van der Waals surface area contributed by atoms with Gasteiger partial charge >= 0.3 is 5.97 Å². The molecule has 0 heterocycles. The molecule has 0 aliphatic heterocycles. The second-order valence-corrected chi connectivity index (χ2v) is 12.7. The maximum atomic E-state index is 13.4. The molecule has 0 fully saturated rings. The van der Waals surface area contributed by atoms with E-state index in [0.29, 0.717) is 16.5 Å². The van der Waals surface area contributed by atoms with E-state index in [9.17, 15) is 22.8 Å². The van der Waals surface area contributed by atoms with Crippen LogP contribution in [-0.2, 0) is 35.4 Å². The molecular weight excluding hydrogens is 673 g/mol. The van der Waals surface area contributed by atoms with E-state index in [-0.39, 0.29) is 41.1 Å². The average Bonchev–Trinajstić information content (AvgIpc) is 2.90. The summed E-state index contributed by atoms with van der Waals surface area (Å²) in [6.07, 6.45) is -0.0514. The number of hydrogen-bond donors (Lipinski definition) is 4.